The molecule has 0 aliphatic carbocycles. The number of aromatic nitrogens is 4. The minimum atomic E-state index is -0.433. The van der Waals surface area contributed by atoms with Crippen molar-refractivity contribution in [2.75, 3.05) is 13.1 Å². The minimum Gasteiger partial charge on any atom is -0.316 e. The van der Waals surface area contributed by atoms with Gasteiger partial charge in [-0.2, -0.15) is 0 Å². The van der Waals surface area contributed by atoms with E-state index in [4.69, 9.17) is 0 Å². The second-order valence-electron chi connectivity index (χ2n) is 4.77. The van der Waals surface area contributed by atoms with Gasteiger partial charge < -0.3 is 9.88 Å². The van der Waals surface area contributed by atoms with E-state index in [1.54, 1.807) is 0 Å². The lowest BCUT2D eigenvalue weighted by molar-refractivity contribution is -0.380. The van der Waals surface area contributed by atoms with Crippen LogP contribution in [0.1, 0.15) is 24.6 Å². The van der Waals surface area contributed by atoms with Crippen molar-refractivity contribution < 1.29 is 4.92 Å². The number of nitro groups is 1. The fourth-order valence-electron chi connectivity index (χ4n) is 2.30. The van der Waals surface area contributed by atoms with Crippen molar-refractivity contribution in [3.63, 3.8) is 0 Å². The van der Waals surface area contributed by atoms with Gasteiger partial charge in [-0.25, -0.2) is 4.98 Å². The van der Waals surface area contributed by atoms with Crippen LogP contribution in [0.25, 0.3) is 0 Å². The Hall–Kier alpha value is -1.52. The fourth-order valence-corrected chi connectivity index (χ4v) is 3.99. The van der Waals surface area contributed by atoms with Crippen molar-refractivity contribution in [2.45, 2.75) is 28.3 Å². The molecule has 0 radical (unpaired) electrons. The summed E-state index contributed by atoms with van der Waals surface area (Å²) in [5, 5.41) is 23.2. The zero-order valence-corrected chi connectivity index (χ0v) is 13.0. The van der Waals surface area contributed by atoms with E-state index < -0.39 is 4.92 Å². The minimum absolute atomic E-state index is 0.0383. The highest BCUT2D eigenvalue weighted by atomic mass is 32.2. The summed E-state index contributed by atoms with van der Waals surface area (Å²) < 4.78 is 2.56. The lowest BCUT2D eigenvalue weighted by Gasteiger charge is -2.21. The number of thiazole rings is 1. The number of piperidine rings is 1. The quantitative estimate of drug-likeness (QED) is 0.675. The number of hydrogen-bond donors (Lipinski definition) is 1. The van der Waals surface area contributed by atoms with Gasteiger partial charge in [0, 0.05) is 19.5 Å². The van der Waals surface area contributed by atoms with Crippen LogP contribution >= 0.6 is 23.1 Å². The highest BCUT2D eigenvalue weighted by Crippen LogP contribution is 2.34. The third kappa shape index (κ3) is 3.06. The summed E-state index contributed by atoms with van der Waals surface area (Å²) in [6.07, 6.45) is 3.51. The summed E-state index contributed by atoms with van der Waals surface area (Å²) in [7, 11) is 1.92. The predicted molar refractivity (Wildman–Crippen MR) is 78.7 cm³/mol. The summed E-state index contributed by atoms with van der Waals surface area (Å²) >= 11 is 2.36. The van der Waals surface area contributed by atoms with E-state index in [0.29, 0.717) is 15.4 Å². The molecule has 1 N–H and O–H groups in total. The number of nitrogens with zero attached hydrogens (tertiary/aromatic N) is 5. The zero-order valence-electron chi connectivity index (χ0n) is 11.4. The molecule has 8 nitrogen and oxygen atoms in total. The van der Waals surface area contributed by atoms with Crippen LogP contribution in [0.2, 0.25) is 0 Å². The Bertz CT molecular complexity index is 649. The fraction of sp³-hybridized carbons (Fsp3) is 0.545. The Balaban J connectivity index is 1.76. The maximum Gasteiger partial charge on any atom is 0.344 e. The Morgan fingerprint density at radius 3 is 3.10 bits per heavy atom. The molecule has 1 aliphatic heterocycles. The van der Waals surface area contributed by atoms with Gasteiger partial charge in [-0.05, 0) is 42.5 Å². The number of rotatable bonds is 4. The predicted octanol–water partition coefficient (Wildman–Crippen LogP) is 1.80. The largest absolute Gasteiger partial charge is 0.344 e. The van der Waals surface area contributed by atoms with Gasteiger partial charge in [-0.1, -0.05) is 0 Å². The highest BCUT2D eigenvalue weighted by molar-refractivity contribution is 8.00. The molecule has 3 heterocycles. The first-order valence-corrected chi connectivity index (χ1v) is 8.16. The maximum absolute atomic E-state index is 10.7. The first-order valence-electron chi connectivity index (χ1n) is 6.53. The molecule has 21 heavy (non-hydrogen) atoms. The van der Waals surface area contributed by atoms with Crippen molar-refractivity contribution in [3.05, 3.63) is 22.1 Å². The summed E-state index contributed by atoms with van der Waals surface area (Å²) in [5.74, 6) is 1.33. The van der Waals surface area contributed by atoms with Crippen LogP contribution in [0, 0.1) is 10.1 Å². The molecule has 0 aromatic carbocycles. The van der Waals surface area contributed by atoms with Gasteiger partial charge in [0.2, 0.25) is 0 Å². The third-order valence-corrected chi connectivity index (χ3v) is 5.42. The lowest BCUT2D eigenvalue weighted by Crippen LogP contribution is -2.29. The van der Waals surface area contributed by atoms with E-state index in [2.05, 4.69) is 20.5 Å². The molecule has 2 aromatic heterocycles. The molecular formula is C11H14N6O2S2. The molecule has 0 saturated carbocycles. The lowest BCUT2D eigenvalue weighted by atomic mass is 9.99. The smallest absolute Gasteiger partial charge is 0.316 e. The van der Waals surface area contributed by atoms with Crippen LogP contribution in [0.3, 0.4) is 0 Å². The van der Waals surface area contributed by atoms with Crippen LogP contribution in [-0.4, -0.2) is 37.8 Å². The van der Waals surface area contributed by atoms with Crippen molar-refractivity contribution >= 4 is 28.1 Å². The molecule has 1 atom stereocenters. The summed E-state index contributed by atoms with van der Waals surface area (Å²) in [4.78, 5) is 14.3. The van der Waals surface area contributed by atoms with Gasteiger partial charge in [-0.15, -0.1) is 10.2 Å². The van der Waals surface area contributed by atoms with Crippen LogP contribution in [0.5, 0.6) is 0 Å². The topological polar surface area (TPSA) is 98.8 Å². The second-order valence-corrected chi connectivity index (χ2v) is 6.99. The van der Waals surface area contributed by atoms with E-state index in [1.807, 2.05) is 11.6 Å². The van der Waals surface area contributed by atoms with Crippen molar-refractivity contribution in [3.8, 4) is 0 Å². The summed E-state index contributed by atoms with van der Waals surface area (Å²) in [6, 6.07) is 0. The maximum atomic E-state index is 10.7. The Morgan fingerprint density at radius 2 is 2.43 bits per heavy atom. The summed E-state index contributed by atoms with van der Waals surface area (Å²) in [5.41, 5.74) is 0. The Morgan fingerprint density at radius 1 is 1.57 bits per heavy atom. The van der Waals surface area contributed by atoms with Gasteiger partial charge in [-0.3, -0.25) is 10.1 Å². The van der Waals surface area contributed by atoms with E-state index in [9.17, 15) is 10.1 Å². The van der Waals surface area contributed by atoms with Crippen molar-refractivity contribution in [2.24, 2.45) is 7.05 Å². The van der Waals surface area contributed by atoms with Gasteiger partial charge in [0.05, 0.1) is 4.92 Å². The standard InChI is InChI=1S/C11H14N6O2S2/c1-16-9(7-3-2-4-12-5-7)14-15-10(16)21-11-13-6-8(20-11)17(18)19/h6-7,12H,2-5H2,1H3/t7-/m1/s1. The van der Waals surface area contributed by atoms with E-state index >= 15 is 0 Å². The van der Waals surface area contributed by atoms with Crippen LogP contribution in [0.4, 0.5) is 5.00 Å². The monoisotopic (exact) mass is 326 g/mol. The first-order chi connectivity index (χ1) is 10.1. The van der Waals surface area contributed by atoms with E-state index in [1.165, 1.54) is 18.0 Å². The molecule has 1 saturated heterocycles. The molecule has 0 unspecified atom stereocenters. The highest BCUT2D eigenvalue weighted by Gasteiger charge is 2.22. The van der Waals surface area contributed by atoms with E-state index in [0.717, 1.165) is 43.1 Å². The van der Waals surface area contributed by atoms with Gasteiger partial charge in [0.25, 0.3) is 0 Å². The molecule has 3 rings (SSSR count). The normalized spacial score (nSPS) is 18.8. The van der Waals surface area contributed by atoms with Crippen LogP contribution in [-0.2, 0) is 7.05 Å². The van der Waals surface area contributed by atoms with Crippen molar-refractivity contribution in [1.29, 1.82) is 0 Å². The molecule has 2 aromatic rings. The number of nitrogens with one attached hydrogen (secondary N) is 1. The van der Waals surface area contributed by atoms with Gasteiger partial charge in [0.1, 0.15) is 12.0 Å². The van der Waals surface area contributed by atoms with Gasteiger partial charge in [0.15, 0.2) is 9.50 Å². The SMILES string of the molecule is Cn1c(Sc2ncc([N+](=O)[O-])s2)nnc1[C@@H]1CCCNC1. The molecular weight excluding hydrogens is 312 g/mol. The Kier molecular flexibility index (Phi) is 4.17. The molecule has 0 amide bonds. The second kappa shape index (κ2) is 6.08. The third-order valence-electron chi connectivity index (χ3n) is 3.36. The zero-order chi connectivity index (χ0) is 14.8. The average molecular weight is 326 g/mol. The molecule has 1 aliphatic rings. The molecule has 112 valence electrons. The van der Waals surface area contributed by atoms with Crippen LogP contribution < -0.4 is 5.32 Å². The molecule has 0 bridgehead atoms. The summed E-state index contributed by atoms with van der Waals surface area (Å²) in [6.45, 7) is 1.97. The molecule has 1 fully saturated rings. The van der Waals surface area contributed by atoms with E-state index in [-0.39, 0.29) is 5.00 Å². The molecule has 0 spiro atoms. The Labute approximate surface area is 129 Å². The van der Waals surface area contributed by atoms with Gasteiger partial charge >= 0.3 is 5.00 Å². The van der Waals surface area contributed by atoms with Crippen molar-refractivity contribution in [1.82, 2.24) is 25.1 Å². The first kappa shape index (κ1) is 14.4. The average Bonchev–Trinajstić information content (AvgIpc) is 3.09. The number of hydrogen-bond acceptors (Lipinski definition) is 8. The van der Waals surface area contributed by atoms with Crippen LogP contribution in [0.15, 0.2) is 15.7 Å². The molecule has 10 heteroatoms.